The predicted molar refractivity (Wildman–Crippen MR) is 134 cm³/mol. The van der Waals surface area contributed by atoms with Crippen LogP contribution in [-0.4, -0.2) is 14.6 Å². The summed E-state index contributed by atoms with van der Waals surface area (Å²) in [4.78, 5) is 29.7. The van der Waals surface area contributed by atoms with Gasteiger partial charge in [-0.15, -0.1) is 0 Å². The van der Waals surface area contributed by atoms with Gasteiger partial charge in [0.15, 0.2) is 4.80 Å². The lowest BCUT2D eigenvalue weighted by atomic mass is 9.83. The van der Waals surface area contributed by atoms with Crippen LogP contribution in [0, 0.1) is 15.9 Å². The Morgan fingerprint density at radius 2 is 1.89 bits per heavy atom. The quantitative estimate of drug-likeness (QED) is 0.339. The van der Waals surface area contributed by atoms with Crippen LogP contribution >= 0.6 is 11.3 Å². The highest BCUT2D eigenvalue weighted by molar-refractivity contribution is 7.07. The van der Waals surface area contributed by atoms with Crippen LogP contribution in [-0.2, 0) is 6.42 Å². The van der Waals surface area contributed by atoms with E-state index in [2.05, 4.69) is 6.07 Å². The minimum atomic E-state index is -0.557. The zero-order valence-corrected chi connectivity index (χ0v) is 19.5. The maximum absolute atomic E-state index is 13.8. The van der Waals surface area contributed by atoms with Gasteiger partial charge in [-0.05, 0) is 53.8 Å². The fourth-order valence-electron chi connectivity index (χ4n) is 4.88. The first-order valence-corrected chi connectivity index (χ1v) is 12.1. The number of nitro benzene ring substituents is 1. The number of aromatic nitrogens is 1. The smallest absolute Gasteiger partial charge is 0.271 e. The summed E-state index contributed by atoms with van der Waals surface area (Å²) in [6, 6.07) is 17.4. The minimum Gasteiger partial charge on any atom is -0.507 e. The van der Waals surface area contributed by atoms with Gasteiger partial charge >= 0.3 is 0 Å². The van der Waals surface area contributed by atoms with Gasteiger partial charge in [-0.2, -0.15) is 0 Å². The molecule has 0 fully saturated rings. The Hall–Kier alpha value is -4.37. The number of rotatable bonds is 3. The minimum absolute atomic E-state index is 0.168. The number of hydrogen-bond donors (Lipinski definition) is 1. The van der Waals surface area contributed by atoms with Crippen molar-refractivity contribution in [2.75, 3.05) is 0 Å². The molecule has 2 heterocycles. The summed E-state index contributed by atoms with van der Waals surface area (Å²) < 4.78 is 15.6. The topological polar surface area (TPSA) is 97.7 Å². The van der Waals surface area contributed by atoms with Crippen LogP contribution in [0.5, 0.6) is 5.75 Å². The van der Waals surface area contributed by atoms with Crippen LogP contribution < -0.4 is 14.9 Å². The molecule has 4 aromatic rings. The Balaban J connectivity index is 1.61. The van der Waals surface area contributed by atoms with E-state index < -0.39 is 11.0 Å². The fourth-order valence-corrected chi connectivity index (χ4v) is 5.87. The monoisotopic (exact) mass is 499 g/mol. The van der Waals surface area contributed by atoms with Crippen LogP contribution in [0.1, 0.15) is 34.7 Å². The van der Waals surface area contributed by atoms with Gasteiger partial charge in [0.25, 0.3) is 11.2 Å². The predicted octanol–water partition coefficient (Wildman–Crippen LogP) is 4.07. The second-order valence-corrected chi connectivity index (χ2v) is 9.67. The number of phenols is 1. The Morgan fingerprint density at radius 3 is 2.67 bits per heavy atom. The molecular formula is C27H18FN3O4S. The number of aromatic hydroxyl groups is 1. The third kappa shape index (κ3) is 3.56. The van der Waals surface area contributed by atoms with Crippen molar-refractivity contribution in [3.63, 3.8) is 0 Å². The Morgan fingerprint density at radius 1 is 1.11 bits per heavy atom. The number of nitrogens with zero attached hydrogens (tertiary/aromatic N) is 3. The first-order chi connectivity index (χ1) is 17.4. The number of non-ortho nitro benzene ring substituents is 1. The summed E-state index contributed by atoms with van der Waals surface area (Å²) in [7, 11) is 0. The van der Waals surface area contributed by atoms with E-state index >= 15 is 0 Å². The summed E-state index contributed by atoms with van der Waals surface area (Å²) in [6.07, 6.45) is 2.95. The van der Waals surface area contributed by atoms with Crippen molar-refractivity contribution >= 4 is 28.8 Å². The number of benzene rings is 3. The third-order valence-electron chi connectivity index (χ3n) is 6.57. The van der Waals surface area contributed by atoms with Gasteiger partial charge in [-0.1, -0.05) is 47.7 Å². The lowest BCUT2D eigenvalue weighted by Gasteiger charge is -2.30. The van der Waals surface area contributed by atoms with Gasteiger partial charge in [0.05, 0.1) is 21.2 Å². The molecule has 9 heteroatoms. The first-order valence-electron chi connectivity index (χ1n) is 11.3. The van der Waals surface area contributed by atoms with Crippen LogP contribution in [0.25, 0.3) is 11.8 Å². The van der Waals surface area contributed by atoms with Crippen molar-refractivity contribution < 1.29 is 14.4 Å². The fraction of sp³-hybridized carbons (Fsp3) is 0.111. The summed E-state index contributed by atoms with van der Waals surface area (Å²) >= 11 is 1.15. The van der Waals surface area contributed by atoms with Gasteiger partial charge in [-0.25, -0.2) is 9.38 Å². The maximum Gasteiger partial charge on any atom is 0.271 e. The second kappa shape index (κ2) is 8.39. The second-order valence-electron chi connectivity index (χ2n) is 8.67. The van der Waals surface area contributed by atoms with Crippen LogP contribution in [0.2, 0.25) is 0 Å². The highest BCUT2D eigenvalue weighted by Gasteiger charge is 2.32. The summed E-state index contributed by atoms with van der Waals surface area (Å²) in [6.45, 7) is 0. The molecule has 2 aliphatic rings. The largest absolute Gasteiger partial charge is 0.507 e. The van der Waals surface area contributed by atoms with Crippen LogP contribution in [0.15, 0.2) is 82.1 Å². The Bertz CT molecular complexity index is 1770. The number of nitro groups is 1. The maximum atomic E-state index is 13.8. The SMILES string of the molecule is O=c1/c(=C\c2cc([N+](=O)[O-])ccc2O)sc2n1[C@H](c1ccc(F)cc1)C1=C(N=2)c2ccccc2CC1. The van der Waals surface area contributed by atoms with Gasteiger partial charge in [0.1, 0.15) is 11.6 Å². The number of halogens is 1. The van der Waals surface area contributed by atoms with Crippen LogP contribution in [0.4, 0.5) is 10.1 Å². The van der Waals surface area contributed by atoms with E-state index in [1.165, 1.54) is 42.0 Å². The molecule has 0 spiro atoms. The number of thiazole rings is 1. The van der Waals surface area contributed by atoms with E-state index in [0.717, 1.165) is 40.2 Å². The summed E-state index contributed by atoms with van der Waals surface area (Å²) in [5.74, 6) is -0.537. The molecule has 3 aromatic carbocycles. The van der Waals surface area contributed by atoms with E-state index in [0.29, 0.717) is 11.2 Å². The molecule has 0 bridgehead atoms. The van der Waals surface area contributed by atoms with E-state index in [9.17, 15) is 24.4 Å². The molecule has 1 N–H and O–H groups in total. The van der Waals surface area contributed by atoms with E-state index in [1.807, 2.05) is 18.2 Å². The molecule has 7 nitrogen and oxygen atoms in total. The zero-order valence-electron chi connectivity index (χ0n) is 18.7. The lowest BCUT2D eigenvalue weighted by molar-refractivity contribution is -0.384. The Kier molecular flexibility index (Phi) is 5.15. The number of fused-ring (bicyclic) bond motifs is 3. The molecule has 178 valence electrons. The van der Waals surface area contributed by atoms with Crippen molar-refractivity contribution in [1.29, 1.82) is 0 Å². The highest BCUT2D eigenvalue weighted by atomic mass is 32.1. The van der Waals surface area contributed by atoms with Crippen LogP contribution in [0.3, 0.4) is 0 Å². The summed E-state index contributed by atoms with van der Waals surface area (Å²) in [5, 5.41) is 21.5. The molecule has 1 aliphatic heterocycles. The van der Waals surface area contributed by atoms with Crippen molar-refractivity contribution in [1.82, 2.24) is 4.57 Å². The van der Waals surface area contributed by atoms with E-state index in [4.69, 9.17) is 4.99 Å². The normalized spacial score (nSPS) is 16.7. The Labute approximate surface area is 207 Å². The molecule has 0 saturated carbocycles. The molecule has 0 unspecified atom stereocenters. The average molecular weight is 500 g/mol. The average Bonchev–Trinajstić information content (AvgIpc) is 3.19. The number of hydrogen-bond acceptors (Lipinski definition) is 6. The number of allylic oxidation sites excluding steroid dienone is 1. The standard InChI is InChI=1S/C27H18FN3O4S/c28-18-8-5-16(6-9-18)25-21-11-7-15-3-1-2-4-20(15)24(21)29-27-30(25)26(33)23(36-27)14-17-13-19(31(34)35)10-12-22(17)32/h1-6,8-10,12-14,25,32H,7,11H2/b23-14+/t25-/m1/s1. The van der Waals surface area contributed by atoms with Gasteiger partial charge in [-0.3, -0.25) is 19.5 Å². The highest BCUT2D eigenvalue weighted by Crippen LogP contribution is 2.41. The van der Waals surface area contributed by atoms with Gasteiger partial charge in [0, 0.05) is 23.3 Å². The van der Waals surface area contributed by atoms with Crippen molar-refractivity contribution in [2.45, 2.75) is 18.9 Å². The van der Waals surface area contributed by atoms with Crippen molar-refractivity contribution in [3.05, 3.63) is 130 Å². The molecule has 0 saturated heterocycles. The summed E-state index contributed by atoms with van der Waals surface area (Å²) in [5.41, 5.74) is 4.41. The molecule has 1 aromatic heterocycles. The van der Waals surface area contributed by atoms with E-state index in [-0.39, 0.29) is 32.9 Å². The molecule has 0 radical (unpaired) electrons. The van der Waals surface area contributed by atoms with Crippen molar-refractivity contribution in [2.24, 2.45) is 4.99 Å². The van der Waals surface area contributed by atoms with Crippen molar-refractivity contribution in [3.8, 4) is 5.75 Å². The molecule has 0 amide bonds. The van der Waals surface area contributed by atoms with Gasteiger partial charge < -0.3 is 5.11 Å². The first kappa shape index (κ1) is 22.1. The number of phenolic OH excluding ortho intramolecular Hbond substituents is 1. The molecule has 6 rings (SSSR count). The molecular weight excluding hydrogens is 481 g/mol. The molecule has 1 atom stereocenters. The van der Waals surface area contributed by atoms with E-state index in [1.54, 1.807) is 16.7 Å². The molecule has 1 aliphatic carbocycles. The molecule has 36 heavy (non-hydrogen) atoms. The number of aryl methyl sites for hydroxylation is 1. The third-order valence-corrected chi connectivity index (χ3v) is 7.55. The lowest BCUT2D eigenvalue weighted by Crippen LogP contribution is -2.38. The van der Waals surface area contributed by atoms with Gasteiger partial charge in [0.2, 0.25) is 0 Å². The zero-order chi connectivity index (χ0) is 25.0.